The maximum absolute atomic E-state index is 17.0. The number of carbonyl (C=O) groups excluding carboxylic acids is 2. The van der Waals surface area contributed by atoms with Crippen LogP contribution in [0, 0.1) is 18.3 Å². The van der Waals surface area contributed by atoms with E-state index in [1.807, 2.05) is 6.08 Å². The molecule has 3 aromatic heterocycles. The summed E-state index contributed by atoms with van der Waals surface area (Å²) >= 11 is 6.18. The Balaban J connectivity index is 1.09. The van der Waals surface area contributed by atoms with E-state index >= 15 is 4.39 Å². The summed E-state index contributed by atoms with van der Waals surface area (Å²) in [6.45, 7) is 10.3. The van der Waals surface area contributed by atoms with Crippen LogP contribution in [0.15, 0.2) is 47.4 Å². The van der Waals surface area contributed by atoms with Gasteiger partial charge in [-0.25, -0.2) is 4.39 Å². The Kier molecular flexibility index (Phi) is 8.73. The molecule has 1 aromatic carbocycles. The van der Waals surface area contributed by atoms with Crippen molar-refractivity contribution in [2.75, 3.05) is 38.2 Å². The van der Waals surface area contributed by atoms with Gasteiger partial charge in [-0.3, -0.25) is 19.5 Å². The van der Waals surface area contributed by atoms with Gasteiger partial charge in [0.2, 0.25) is 11.7 Å². The van der Waals surface area contributed by atoms with Gasteiger partial charge in [0.05, 0.1) is 34.9 Å². The van der Waals surface area contributed by atoms with Crippen molar-refractivity contribution in [1.82, 2.24) is 39.2 Å². The summed E-state index contributed by atoms with van der Waals surface area (Å²) in [5.74, 6) is -0.994. The fourth-order valence-electron chi connectivity index (χ4n) is 9.53. The quantitative estimate of drug-likeness (QED) is 0.239. The van der Waals surface area contributed by atoms with E-state index in [0.717, 1.165) is 39.7 Å². The van der Waals surface area contributed by atoms with Crippen molar-refractivity contribution in [3.8, 4) is 0 Å². The number of benzene rings is 1. The number of aromatic amines is 1. The number of halogens is 5. The molecular formula is C39H40ClF4N9O4. The largest absolute Gasteiger partial charge is 0.416 e. The highest BCUT2D eigenvalue weighted by Crippen LogP contribution is 2.57. The molecule has 0 radical (unpaired) electrons. The predicted molar refractivity (Wildman–Crippen MR) is 200 cm³/mol. The molecule has 4 atom stereocenters. The number of carbonyl (C=O) groups is 2. The van der Waals surface area contributed by atoms with E-state index in [2.05, 4.69) is 33.9 Å². The van der Waals surface area contributed by atoms with Crippen LogP contribution in [0.1, 0.15) is 71.4 Å². The second-order valence-corrected chi connectivity index (χ2v) is 16.6. The second kappa shape index (κ2) is 13.3. The number of fused-ring (bicyclic) bond motifs is 5. The molecule has 0 bridgehead atoms. The van der Waals surface area contributed by atoms with Crippen molar-refractivity contribution in [1.29, 1.82) is 0 Å². The Bertz CT molecular complexity index is 2450. The van der Waals surface area contributed by atoms with Crippen molar-refractivity contribution in [2.45, 2.75) is 76.3 Å². The number of nitrogens with one attached hydrogen (secondary N) is 2. The summed E-state index contributed by atoms with van der Waals surface area (Å²) in [6, 6.07) is 3.95. The summed E-state index contributed by atoms with van der Waals surface area (Å²) in [5.41, 5.74) is 0.358. The van der Waals surface area contributed by atoms with Crippen molar-refractivity contribution >= 4 is 40.5 Å². The topological polar surface area (TPSA) is 143 Å². The Labute approximate surface area is 328 Å². The molecule has 1 spiro atoms. The zero-order valence-electron chi connectivity index (χ0n) is 31.3. The molecular weight excluding hydrogens is 770 g/mol. The van der Waals surface area contributed by atoms with E-state index in [-0.39, 0.29) is 70.4 Å². The van der Waals surface area contributed by atoms with Gasteiger partial charge in [-0.05, 0) is 75.3 Å². The zero-order chi connectivity index (χ0) is 40.2. The molecule has 300 valence electrons. The molecule has 2 aliphatic carbocycles. The Morgan fingerprint density at radius 3 is 2.58 bits per heavy atom. The lowest BCUT2D eigenvalue weighted by atomic mass is 9.55. The first-order valence-electron chi connectivity index (χ1n) is 19.0. The van der Waals surface area contributed by atoms with Gasteiger partial charge in [-0.2, -0.15) is 27.8 Å². The minimum Gasteiger partial charge on any atom is -0.379 e. The molecule has 18 heteroatoms. The third-order valence-electron chi connectivity index (χ3n) is 12.8. The van der Waals surface area contributed by atoms with Gasteiger partial charge < -0.3 is 24.4 Å². The van der Waals surface area contributed by atoms with Gasteiger partial charge in [0.25, 0.3) is 11.5 Å². The van der Waals surface area contributed by atoms with E-state index < -0.39 is 41.3 Å². The average molecular weight is 810 g/mol. The van der Waals surface area contributed by atoms with Crippen molar-refractivity contribution in [3.63, 3.8) is 0 Å². The molecule has 5 aliphatic rings. The van der Waals surface area contributed by atoms with Crippen LogP contribution in [-0.4, -0.2) is 96.0 Å². The monoisotopic (exact) mass is 809 g/mol. The molecule has 2 saturated heterocycles. The highest BCUT2D eigenvalue weighted by molar-refractivity contribution is 6.33. The molecule has 2 unspecified atom stereocenters. The lowest BCUT2D eigenvalue weighted by molar-refractivity contribution is -0.137. The van der Waals surface area contributed by atoms with Gasteiger partial charge in [0.15, 0.2) is 5.82 Å². The van der Waals surface area contributed by atoms with Crippen LogP contribution in [0.3, 0.4) is 0 Å². The lowest BCUT2D eigenvalue weighted by Gasteiger charge is -2.57. The summed E-state index contributed by atoms with van der Waals surface area (Å²) in [5, 5.41) is 13.9. The molecule has 3 aliphatic heterocycles. The van der Waals surface area contributed by atoms with E-state index in [1.165, 1.54) is 4.57 Å². The van der Waals surface area contributed by atoms with Crippen LogP contribution in [0.2, 0.25) is 5.02 Å². The molecule has 4 aromatic rings. The Morgan fingerprint density at radius 2 is 1.96 bits per heavy atom. The first kappa shape index (κ1) is 37.5. The number of piperidine rings is 1. The molecule has 2 amide bonds. The third kappa shape index (κ3) is 5.90. The minimum atomic E-state index is -4.64. The average Bonchev–Trinajstić information content (AvgIpc) is 3.86. The maximum Gasteiger partial charge on any atom is 0.416 e. The summed E-state index contributed by atoms with van der Waals surface area (Å²) in [6.07, 6.45) is -2.41. The summed E-state index contributed by atoms with van der Waals surface area (Å²) in [7, 11) is 0. The molecule has 1 saturated carbocycles. The van der Waals surface area contributed by atoms with Gasteiger partial charge in [0, 0.05) is 60.2 Å². The number of nitrogens with zero attached hydrogens (tertiary/aromatic N) is 7. The molecule has 13 nitrogen and oxygen atoms in total. The highest BCUT2D eigenvalue weighted by atomic mass is 35.5. The zero-order valence-corrected chi connectivity index (χ0v) is 32.0. The standard InChI is InChI=1S/C39H40ClF4N9O4/c1-20-14-27(48-47-20)34(55)51-13-10-38(24-5-7-28(24)51)30(41)16-29-32(38)35(56)53-36(52(29)17-31(54)45-26-6-4-23(15-25(26)40)39(42,43)44)46-33(49-53)22-8-11-50(12-9-22)21(2)37(3)18-57-19-37/h4,6,8,14-15,24,28,30H,2,5,7,9-13,16-19H2,1,3H3,(H,45,54)(H,47,48)/t24?,28?,30-,38+/m1/s1. The summed E-state index contributed by atoms with van der Waals surface area (Å²) < 4.78 is 65.0. The van der Waals surface area contributed by atoms with Crippen LogP contribution in [0.25, 0.3) is 11.4 Å². The number of ether oxygens (including phenoxy) is 1. The summed E-state index contributed by atoms with van der Waals surface area (Å²) in [4.78, 5) is 50.8. The fraction of sp³-hybridized carbons (Fsp3) is 0.487. The number of hydrogen-bond acceptors (Lipinski definition) is 8. The van der Waals surface area contributed by atoms with E-state index in [1.54, 1.807) is 17.9 Å². The molecule has 6 heterocycles. The normalized spacial score (nSPS) is 25.1. The number of likely N-dealkylation sites (tertiary alicyclic amines) is 1. The smallest absolute Gasteiger partial charge is 0.379 e. The predicted octanol–water partition coefficient (Wildman–Crippen LogP) is 5.33. The van der Waals surface area contributed by atoms with Crippen molar-refractivity contribution < 1.29 is 31.9 Å². The minimum absolute atomic E-state index is 0.0326. The number of H-pyrrole nitrogens is 1. The lowest BCUT2D eigenvalue weighted by Crippen LogP contribution is -2.65. The number of aromatic nitrogens is 6. The van der Waals surface area contributed by atoms with Gasteiger partial charge in [-0.1, -0.05) is 24.3 Å². The van der Waals surface area contributed by atoms with Gasteiger partial charge in [0.1, 0.15) is 18.4 Å². The molecule has 2 N–H and O–H groups in total. The first-order chi connectivity index (χ1) is 27.1. The van der Waals surface area contributed by atoms with E-state index in [9.17, 15) is 27.6 Å². The van der Waals surface area contributed by atoms with Gasteiger partial charge >= 0.3 is 6.18 Å². The fourth-order valence-corrected chi connectivity index (χ4v) is 9.76. The number of aryl methyl sites for hydroxylation is 1. The Hall–Kier alpha value is -5.03. The molecule has 3 fully saturated rings. The van der Waals surface area contributed by atoms with Gasteiger partial charge in [-0.15, -0.1) is 5.10 Å². The first-order valence-corrected chi connectivity index (χ1v) is 19.3. The molecule has 9 rings (SSSR count). The number of rotatable bonds is 7. The van der Waals surface area contributed by atoms with E-state index in [0.29, 0.717) is 57.1 Å². The molecule has 57 heavy (non-hydrogen) atoms. The van der Waals surface area contributed by atoms with Crippen LogP contribution >= 0.6 is 11.6 Å². The number of hydrogen-bond donors (Lipinski definition) is 2. The highest BCUT2D eigenvalue weighted by Gasteiger charge is 2.63. The number of alkyl halides is 4. The Morgan fingerprint density at radius 1 is 1.18 bits per heavy atom. The van der Waals surface area contributed by atoms with Crippen LogP contribution in [0.5, 0.6) is 0 Å². The van der Waals surface area contributed by atoms with Crippen LogP contribution in [0.4, 0.5) is 23.2 Å². The SMILES string of the molecule is C=C(N1CC=C(c2nc3n(CC(=O)Nc4ccc(C(F)(F)F)cc4Cl)c4c(c(=O)n3n2)[C@]2(CCN(C(=O)c3cc(C)[nH]n3)C3CCC32)[C@H](F)C4)CC1)C1(C)COC1. The van der Waals surface area contributed by atoms with Crippen molar-refractivity contribution in [3.05, 3.63) is 92.0 Å². The third-order valence-corrected chi connectivity index (χ3v) is 13.1. The number of anilines is 1. The second-order valence-electron chi connectivity index (χ2n) is 16.2. The van der Waals surface area contributed by atoms with Crippen LogP contribution < -0.4 is 10.9 Å². The van der Waals surface area contributed by atoms with Crippen LogP contribution in [-0.2, 0) is 34.1 Å². The van der Waals surface area contributed by atoms with E-state index in [4.69, 9.17) is 26.4 Å². The maximum atomic E-state index is 17.0. The number of amides is 2. The van der Waals surface area contributed by atoms with Crippen molar-refractivity contribution in [2.24, 2.45) is 11.3 Å².